The van der Waals surface area contributed by atoms with E-state index in [-0.39, 0.29) is 29.6 Å². The van der Waals surface area contributed by atoms with Crippen LogP contribution in [0.3, 0.4) is 0 Å². The van der Waals surface area contributed by atoms with Crippen LogP contribution in [0.15, 0.2) is 77.4 Å². The average molecular weight is 578 g/mol. The minimum atomic E-state index is -0.393. The minimum Gasteiger partial charge on any atom is -0.465 e. The van der Waals surface area contributed by atoms with Gasteiger partial charge in [0.1, 0.15) is 5.56 Å². The number of fused-ring (bicyclic) bond motifs is 1. The first-order chi connectivity index (χ1) is 20.9. The van der Waals surface area contributed by atoms with Crippen LogP contribution in [0.1, 0.15) is 80.8 Å². The summed E-state index contributed by atoms with van der Waals surface area (Å²) in [6, 6.07) is 21.6. The van der Waals surface area contributed by atoms with E-state index in [9.17, 15) is 14.4 Å². The third kappa shape index (κ3) is 5.69. The number of hydrogen-bond donors (Lipinski definition) is 1. The fourth-order valence-corrected chi connectivity index (χ4v) is 6.14. The maximum Gasteiger partial charge on any atom is 0.337 e. The average Bonchev–Trinajstić information content (AvgIpc) is 3.70. The van der Waals surface area contributed by atoms with Crippen LogP contribution in [0.25, 0.3) is 11.1 Å². The molecule has 0 radical (unpaired) electrons. The first-order valence-corrected chi connectivity index (χ1v) is 14.7. The van der Waals surface area contributed by atoms with Gasteiger partial charge in [0.25, 0.3) is 5.91 Å². The molecular weight excluding hydrogens is 542 g/mol. The lowest BCUT2D eigenvalue weighted by atomic mass is 9.87. The smallest absolute Gasteiger partial charge is 0.337 e. The zero-order valence-corrected chi connectivity index (χ0v) is 24.6. The van der Waals surface area contributed by atoms with E-state index in [1.807, 2.05) is 61.2 Å². The van der Waals surface area contributed by atoms with Gasteiger partial charge in [0.05, 0.1) is 18.9 Å². The first kappa shape index (κ1) is 28.4. The molecule has 2 atom stereocenters. The van der Waals surface area contributed by atoms with Crippen molar-refractivity contribution < 1.29 is 23.6 Å². The van der Waals surface area contributed by atoms with Crippen LogP contribution in [0, 0.1) is 5.92 Å². The molecule has 2 heterocycles. The van der Waals surface area contributed by atoms with Crippen molar-refractivity contribution in [3.63, 3.8) is 0 Å². The molecule has 220 valence electrons. The SMILES string of the molecule is COC(=O)c1cccc(-c2ccc(CNC(=O)[C@@H]3C[C@@H]3c3ccccc3)c3c2CCN(C(=O)c2cnoc2C(C)C)C3)c1. The number of nitrogens with one attached hydrogen (secondary N) is 1. The normalized spacial score (nSPS) is 17.3. The third-order valence-electron chi connectivity index (χ3n) is 8.55. The van der Waals surface area contributed by atoms with E-state index in [0.717, 1.165) is 34.2 Å². The summed E-state index contributed by atoms with van der Waals surface area (Å²) in [5.74, 6) is 0.371. The molecule has 43 heavy (non-hydrogen) atoms. The monoisotopic (exact) mass is 577 g/mol. The van der Waals surface area contributed by atoms with E-state index < -0.39 is 5.97 Å². The minimum absolute atomic E-state index is 0.0279. The number of methoxy groups -OCH3 is 1. The quantitative estimate of drug-likeness (QED) is 0.263. The highest BCUT2D eigenvalue weighted by molar-refractivity contribution is 5.95. The van der Waals surface area contributed by atoms with Gasteiger partial charge in [-0.1, -0.05) is 73.6 Å². The number of ether oxygens (including phenoxy) is 1. The van der Waals surface area contributed by atoms with E-state index in [2.05, 4.69) is 28.7 Å². The Morgan fingerprint density at radius 3 is 2.63 bits per heavy atom. The van der Waals surface area contributed by atoms with Crippen molar-refractivity contribution in [3.05, 3.63) is 112 Å². The Bertz CT molecular complexity index is 1680. The number of rotatable bonds is 8. The molecule has 1 aromatic heterocycles. The van der Waals surface area contributed by atoms with E-state index in [1.54, 1.807) is 6.07 Å². The van der Waals surface area contributed by atoms with Crippen LogP contribution >= 0.6 is 0 Å². The Hall–Kier alpha value is -4.72. The van der Waals surface area contributed by atoms with Gasteiger partial charge in [-0.05, 0) is 64.3 Å². The molecule has 0 spiro atoms. The molecule has 4 aromatic rings. The molecule has 3 aromatic carbocycles. The van der Waals surface area contributed by atoms with Crippen LogP contribution in [0.2, 0.25) is 0 Å². The van der Waals surface area contributed by atoms with Crippen molar-refractivity contribution in [1.29, 1.82) is 0 Å². The molecule has 0 bridgehead atoms. The second kappa shape index (κ2) is 11.9. The second-order valence-electron chi connectivity index (χ2n) is 11.6. The largest absolute Gasteiger partial charge is 0.465 e. The lowest BCUT2D eigenvalue weighted by Crippen LogP contribution is -2.37. The molecule has 8 heteroatoms. The van der Waals surface area contributed by atoms with Crippen LogP contribution in [-0.2, 0) is 29.0 Å². The van der Waals surface area contributed by atoms with Gasteiger partial charge in [-0.15, -0.1) is 0 Å². The molecule has 1 aliphatic heterocycles. The summed E-state index contributed by atoms with van der Waals surface area (Å²) in [6.07, 6.45) is 2.98. The van der Waals surface area contributed by atoms with Gasteiger partial charge in [0.2, 0.25) is 5.91 Å². The van der Waals surface area contributed by atoms with Gasteiger partial charge >= 0.3 is 5.97 Å². The summed E-state index contributed by atoms with van der Waals surface area (Å²) in [7, 11) is 1.37. The predicted octanol–water partition coefficient (Wildman–Crippen LogP) is 5.87. The highest BCUT2D eigenvalue weighted by Gasteiger charge is 2.43. The van der Waals surface area contributed by atoms with Gasteiger partial charge in [0.15, 0.2) is 5.76 Å². The Labute approximate surface area is 251 Å². The summed E-state index contributed by atoms with van der Waals surface area (Å²) in [5.41, 5.74) is 7.16. The van der Waals surface area contributed by atoms with Crippen molar-refractivity contribution in [3.8, 4) is 11.1 Å². The Balaban J connectivity index is 1.29. The van der Waals surface area contributed by atoms with Crippen molar-refractivity contribution in [2.24, 2.45) is 5.92 Å². The van der Waals surface area contributed by atoms with Gasteiger partial charge in [-0.3, -0.25) is 9.59 Å². The van der Waals surface area contributed by atoms with Crippen LogP contribution < -0.4 is 5.32 Å². The maximum absolute atomic E-state index is 13.7. The number of aromatic nitrogens is 1. The first-order valence-electron chi connectivity index (χ1n) is 14.7. The second-order valence-corrected chi connectivity index (χ2v) is 11.6. The number of esters is 1. The van der Waals surface area contributed by atoms with Crippen LogP contribution in [-0.4, -0.2) is 41.5 Å². The number of benzene rings is 3. The Morgan fingerprint density at radius 2 is 1.86 bits per heavy atom. The van der Waals surface area contributed by atoms with Crippen LogP contribution in [0.4, 0.5) is 0 Å². The molecule has 8 nitrogen and oxygen atoms in total. The molecule has 0 saturated heterocycles. The molecule has 1 N–H and O–H groups in total. The van der Waals surface area contributed by atoms with Crippen molar-refractivity contribution in [2.75, 3.05) is 13.7 Å². The fourth-order valence-electron chi connectivity index (χ4n) is 6.14. The lowest BCUT2D eigenvalue weighted by Gasteiger charge is -2.32. The van der Waals surface area contributed by atoms with Gasteiger partial charge < -0.3 is 19.5 Å². The van der Waals surface area contributed by atoms with E-state index in [4.69, 9.17) is 9.26 Å². The summed E-state index contributed by atoms with van der Waals surface area (Å²) < 4.78 is 10.3. The Morgan fingerprint density at radius 1 is 1.05 bits per heavy atom. The fraction of sp³-hybridized carbons (Fsp3) is 0.314. The van der Waals surface area contributed by atoms with Gasteiger partial charge in [-0.25, -0.2) is 4.79 Å². The number of nitrogens with zero attached hydrogens (tertiary/aromatic N) is 2. The number of carbonyl (C=O) groups excluding carboxylic acids is 3. The molecule has 1 aliphatic carbocycles. The zero-order valence-electron chi connectivity index (χ0n) is 24.6. The molecule has 2 aliphatic rings. The predicted molar refractivity (Wildman–Crippen MR) is 161 cm³/mol. The summed E-state index contributed by atoms with van der Waals surface area (Å²) in [5, 5.41) is 7.06. The zero-order chi connectivity index (χ0) is 30.1. The van der Waals surface area contributed by atoms with E-state index >= 15 is 0 Å². The summed E-state index contributed by atoms with van der Waals surface area (Å²) >= 11 is 0. The third-order valence-corrected chi connectivity index (χ3v) is 8.55. The number of hydrogen-bond acceptors (Lipinski definition) is 6. The highest BCUT2D eigenvalue weighted by Crippen LogP contribution is 2.47. The van der Waals surface area contributed by atoms with Crippen LogP contribution in [0.5, 0.6) is 0 Å². The highest BCUT2D eigenvalue weighted by atomic mass is 16.5. The maximum atomic E-state index is 13.7. The number of carbonyl (C=O) groups is 3. The van der Waals surface area contributed by atoms with Crippen molar-refractivity contribution >= 4 is 17.8 Å². The van der Waals surface area contributed by atoms with Gasteiger partial charge in [0, 0.05) is 31.5 Å². The topological polar surface area (TPSA) is 102 Å². The van der Waals surface area contributed by atoms with Gasteiger partial charge in [-0.2, -0.15) is 0 Å². The van der Waals surface area contributed by atoms with Crippen molar-refractivity contribution in [2.45, 2.75) is 51.6 Å². The molecule has 2 amide bonds. The molecule has 6 rings (SSSR count). The molecule has 0 unspecified atom stereocenters. The molecule has 1 fully saturated rings. The van der Waals surface area contributed by atoms with Crippen molar-refractivity contribution in [1.82, 2.24) is 15.4 Å². The molecular formula is C35H35N3O5. The summed E-state index contributed by atoms with van der Waals surface area (Å²) in [4.78, 5) is 40.9. The van der Waals surface area contributed by atoms with E-state index in [1.165, 1.54) is 18.9 Å². The standard InChI is InChI=1S/C35H35N3O5/c1-21(2)32-30(19-37-43-32)34(40)38-15-14-27-26(23-10-7-11-24(16-23)35(41)42-3)13-12-25(31(27)20-38)18-36-33(39)29-17-28(29)22-8-5-4-6-9-22/h4-13,16,19,21,28-29H,14-15,17-18,20H2,1-3H3,(H,36,39)/t28-,29-/m1/s1. The molecule has 1 saturated carbocycles. The Kier molecular flexibility index (Phi) is 7.84. The number of amides is 2. The van der Waals surface area contributed by atoms with E-state index in [0.29, 0.717) is 42.9 Å². The summed E-state index contributed by atoms with van der Waals surface area (Å²) in [6.45, 7) is 5.23. The lowest BCUT2D eigenvalue weighted by molar-refractivity contribution is -0.122.